The number of fused-ring (bicyclic) bond motifs is 4. The highest BCUT2D eigenvalue weighted by molar-refractivity contribution is 6.02. The predicted octanol–water partition coefficient (Wildman–Crippen LogP) is 4.05. The van der Waals surface area contributed by atoms with Gasteiger partial charge in [0.2, 0.25) is 0 Å². The van der Waals surface area contributed by atoms with Crippen molar-refractivity contribution in [1.29, 1.82) is 0 Å². The van der Waals surface area contributed by atoms with E-state index in [-0.39, 0.29) is 12.4 Å². The molecule has 0 saturated heterocycles. The minimum atomic E-state index is -1.12. The van der Waals surface area contributed by atoms with Crippen molar-refractivity contribution in [2.75, 3.05) is 0 Å². The van der Waals surface area contributed by atoms with Crippen molar-refractivity contribution in [1.82, 2.24) is 0 Å². The maximum Gasteiger partial charge on any atom is 0.327 e. The third kappa shape index (κ3) is 1.90. The van der Waals surface area contributed by atoms with Crippen LogP contribution in [0.3, 0.4) is 0 Å². The van der Waals surface area contributed by atoms with Gasteiger partial charge in [-0.15, -0.1) is 0 Å². The van der Waals surface area contributed by atoms with Crippen LogP contribution in [0.1, 0.15) is 50.9 Å². The van der Waals surface area contributed by atoms with Gasteiger partial charge in [-0.05, 0) is 74.9 Å². The Morgan fingerprint density at radius 1 is 0.731 bits per heavy atom. The van der Waals surface area contributed by atoms with Crippen LogP contribution in [0.4, 0.5) is 0 Å². The monoisotopic (exact) mass is 350 g/mol. The van der Waals surface area contributed by atoms with Crippen molar-refractivity contribution in [3.8, 4) is 11.5 Å². The van der Waals surface area contributed by atoms with Gasteiger partial charge in [-0.3, -0.25) is 9.59 Å². The molecule has 0 fully saturated rings. The van der Waals surface area contributed by atoms with Crippen LogP contribution in [0.25, 0.3) is 0 Å². The van der Waals surface area contributed by atoms with Crippen LogP contribution in [0, 0.1) is 41.5 Å². The molecular formula is C22H22O4. The summed E-state index contributed by atoms with van der Waals surface area (Å²) < 4.78 is 11.4. The third-order valence-corrected chi connectivity index (χ3v) is 6.00. The van der Waals surface area contributed by atoms with Crippen LogP contribution in [-0.2, 0) is 15.0 Å². The van der Waals surface area contributed by atoms with Crippen molar-refractivity contribution in [2.24, 2.45) is 0 Å². The van der Waals surface area contributed by atoms with Crippen LogP contribution in [0.5, 0.6) is 11.5 Å². The molecule has 2 aliphatic heterocycles. The Morgan fingerprint density at radius 3 is 1.69 bits per heavy atom. The molecule has 4 rings (SSSR count). The molecule has 26 heavy (non-hydrogen) atoms. The zero-order valence-corrected chi connectivity index (χ0v) is 16.0. The molecule has 1 spiro atoms. The summed E-state index contributed by atoms with van der Waals surface area (Å²) in [6, 6.07) is 4.12. The van der Waals surface area contributed by atoms with E-state index in [4.69, 9.17) is 9.47 Å². The van der Waals surface area contributed by atoms with Crippen LogP contribution in [0.15, 0.2) is 12.1 Å². The van der Waals surface area contributed by atoms with E-state index in [1.807, 2.05) is 41.5 Å². The molecule has 0 saturated carbocycles. The molecule has 0 aromatic heterocycles. The molecule has 1 unspecified atom stereocenters. The topological polar surface area (TPSA) is 52.6 Å². The number of hydrogen-bond acceptors (Lipinski definition) is 4. The Balaban J connectivity index is 2.17. The summed E-state index contributed by atoms with van der Waals surface area (Å²) in [5.41, 5.74) is 6.32. The average Bonchev–Trinajstić information content (AvgIpc) is 2.83. The Morgan fingerprint density at radius 2 is 1.19 bits per heavy atom. The summed E-state index contributed by atoms with van der Waals surface area (Å²) in [5, 5.41) is 0. The van der Waals surface area contributed by atoms with Crippen molar-refractivity contribution in [3.63, 3.8) is 0 Å². The molecule has 2 aromatic rings. The largest absolute Gasteiger partial charge is 0.426 e. The molecule has 4 heteroatoms. The van der Waals surface area contributed by atoms with Crippen LogP contribution in [0.2, 0.25) is 0 Å². The van der Waals surface area contributed by atoms with E-state index in [1.54, 1.807) is 0 Å². The molecule has 1 atom stereocenters. The summed E-state index contributed by atoms with van der Waals surface area (Å²) in [6.45, 7) is 11.8. The highest BCUT2D eigenvalue weighted by atomic mass is 16.6. The summed E-state index contributed by atoms with van der Waals surface area (Å²) in [7, 11) is 0. The first kappa shape index (κ1) is 16.8. The lowest BCUT2D eigenvalue weighted by Gasteiger charge is -2.35. The summed E-state index contributed by atoms with van der Waals surface area (Å²) in [6.07, 6.45) is -0.0293. The number of rotatable bonds is 0. The fourth-order valence-electron chi connectivity index (χ4n) is 4.54. The fraction of sp³-hybridized carbons (Fsp3) is 0.364. The number of hydrogen-bond donors (Lipinski definition) is 0. The molecule has 0 aliphatic carbocycles. The van der Waals surface area contributed by atoms with Crippen LogP contribution in [-0.4, -0.2) is 11.9 Å². The lowest BCUT2D eigenvalue weighted by Crippen LogP contribution is -2.43. The van der Waals surface area contributed by atoms with Crippen LogP contribution >= 0.6 is 0 Å². The maximum absolute atomic E-state index is 13.3. The number of esters is 2. The number of ether oxygens (including phenoxy) is 2. The van der Waals surface area contributed by atoms with E-state index in [9.17, 15) is 9.59 Å². The SMILES string of the molecule is Cc1cc(C)c2c(c1C)OC(=O)CC21C(=O)Oc2c(C)c(C)cc(C)c21. The second-order valence-corrected chi connectivity index (χ2v) is 7.62. The Bertz CT molecular complexity index is 1020. The van der Waals surface area contributed by atoms with Crippen molar-refractivity contribution < 1.29 is 19.1 Å². The van der Waals surface area contributed by atoms with E-state index < -0.39 is 11.4 Å². The first-order valence-corrected chi connectivity index (χ1v) is 8.84. The normalized spacial score (nSPS) is 20.7. The molecule has 4 nitrogen and oxygen atoms in total. The quantitative estimate of drug-likeness (QED) is 0.531. The van der Waals surface area contributed by atoms with E-state index in [0.29, 0.717) is 11.5 Å². The number of carbonyl (C=O) groups excluding carboxylic acids is 2. The molecule has 0 bridgehead atoms. The van der Waals surface area contributed by atoms with Crippen molar-refractivity contribution in [2.45, 2.75) is 53.4 Å². The zero-order valence-electron chi connectivity index (χ0n) is 16.0. The number of carbonyl (C=O) groups is 2. The van der Waals surface area contributed by atoms with E-state index in [0.717, 1.165) is 44.5 Å². The van der Waals surface area contributed by atoms with Gasteiger partial charge < -0.3 is 9.47 Å². The van der Waals surface area contributed by atoms with Gasteiger partial charge in [-0.2, -0.15) is 0 Å². The second-order valence-electron chi connectivity index (χ2n) is 7.62. The van der Waals surface area contributed by atoms with Gasteiger partial charge >= 0.3 is 11.9 Å². The molecule has 0 amide bonds. The first-order valence-electron chi connectivity index (χ1n) is 8.84. The summed E-state index contributed by atoms with van der Waals surface area (Å²) in [4.78, 5) is 25.8. The molecule has 2 heterocycles. The summed E-state index contributed by atoms with van der Waals surface area (Å²) >= 11 is 0. The van der Waals surface area contributed by atoms with E-state index >= 15 is 0 Å². The smallest absolute Gasteiger partial charge is 0.327 e. The standard InChI is InChI=1S/C22H22O4/c1-10-7-12(3)17-19(14(10)5)25-16(23)9-22(17)18-13(4)8-11(2)15(6)20(18)26-21(22)24/h7-8H,9H2,1-6H3. The fourth-order valence-corrected chi connectivity index (χ4v) is 4.54. The van der Waals surface area contributed by atoms with Gasteiger partial charge in [0.25, 0.3) is 0 Å². The van der Waals surface area contributed by atoms with Crippen molar-refractivity contribution in [3.05, 3.63) is 56.6 Å². The second kappa shape index (κ2) is 5.19. The predicted molar refractivity (Wildman–Crippen MR) is 98.0 cm³/mol. The minimum absolute atomic E-state index is 0.0293. The van der Waals surface area contributed by atoms with Gasteiger partial charge in [0, 0.05) is 11.1 Å². The maximum atomic E-state index is 13.3. The molecule has 0 N–H and O–H groups in total. The van der Waals surface area contributed by atoms with Gasteiger partial charge in [0.05, 0.1) is 6.42 Å². The Hall–Kier alpha value is -2.62. The lowest BCUT2D eigenvalue weighted by atomic mass is 9.67. The van der Waals surface area contributed by atoms with Crippen molar-refractivity contribution >= 4 is 11.9 Å². The van der Waals surface area contributed by atoms with Gasteiger partial charge in [-0.25, -0.2) is 0 Å². The lowest BCUT2D eigenvalue weighted by molar-refractivity contribution is -0.145. The van der Waals surface area contributed by atoms with Crippen LogP contribution < -0.4 is 9.47 Å². The average molecular weight is 350 g/mol. The third-order valence-electron chi connectivity index (χ3n) is 6.00. The summed E-state index contributed by atoms with van der Waals surface area (Å²) in [5.74, 6) is 0.341. The van der Waals surface area contributed by atoms with Gasteiger partial charge in [0.15, 0.2) is 0 Å². The first-order chi connectivity index (χ1) is 12.2. The zero-order chi connectivity index (χ0) is 19.0. The molecule has 134 valence electrons. The van der Waals surface area contributed by atoms with E-state index in [1.165, 1.54) is 0 Å². The van der Waals surface area contributed by atoms with Gasteiger partial charge in [0.1, 0.15) is 16.9 Å². The van der Waals surface area contributed by atoms with E-state index in [2.05, 4.69) is 12.1 Å². The highest BCUT2D eigenvalue weighted by Crippen LogP contribution is 2.56. The van der Waals surface area contributed by atoms with Gasteiger partial charge in [-0.1, -0.05) is 12.1 Å². The highest BCUT2D eigenvalue weighted by Gasteiger charge is 2.58. The molecular weight excluding hydrogens is 328 g/mol. The number of benzene rings is 2. The Kier molecular flexibility index (Phi) is 3.36. The molecule has 2 aliphatic rings. The Labute approximate surface area is 153 Å². The molecule has 2 aromatic carbocycles. The minimum Gasteiger partial charge on any atom is -0.426 e. The number of aryl methyl sites for hydroxylation is 4. The molecule has 0 radical (unpaired) electrons.